The van der Waals surface area contributed by atoms with Crippen molar-refractivity contribution in [3.8, 4) is 11.5 Å². The normalized spacial score (nSPS) is 11.1. The van der Waals surface area contributed by atoms with Crippen LogP contribution < -0.4 is 14.8 Å². The van der Waals surface area contributed by atoms with Gasteiger partial charge in [-0.05, 0) is 48.0 Å². The van der Waals surface area contributed by atoms with Gasteiger partial charge in [0, 0.05) is 10.7 Å². The predicted molar refractivity (Wildman–Crippen MR) is 115 cm³/mol. The molecule has 0 radical (unpaired) electrons. The Morgan fingerprint density at radius 1 is 0.966 bits per heavy atom. The maximum absolute atomic E-state index is 5.94. The van der Waals surface area contributed by atoms with Crippen LogP contribution in [0.25, 0.3) is 23.3 Å². The number of nitrogens with zero attached hydrogens (tertiary/aromatic N) is 3. The molecule has 29 heavy (non-hydrogen) atoms. The summed E-state index contributed by atoms with van der Waals surface area (Å²) in [4.78, 5) is 16.3. The quantitative estimate of drug-likeness (QED) is 0.471. The zero-order valence-corrected chi connectivity index (χ0v) is 16.6. The van der Waals surface area contributed by atoms with Gasteiger partial charge in [0.1, 0.15) is 17.7 Å². The second-order valence-corrected chi connectivity index (χ2v) is 6.56. The lowest BCUT2D eigenvalue weighted by atomic mass is 10.2. The molecule has 2 aromatic carbocycles. The second-order valence-electron chi connectivity index (χ2n) is 6.12. The molecule has 0 saturated heterocycles. The van der Waals surface area contributed by atoms with E-state index >= 15 is 0 Å². The number of halogens is 1. The van der Waals surface area contributed by atoms with E-state index in [9.17, 15) is 0 Å². The van der Waals surface area contributed by atoms with E-state index < -0.39 is 0 Å². The molecule has 0 atom stereocenters. The van der Waals surface area contributed by atoms with Crippen LogP contribution in [-0.4, -0.2) is 34.2 Å². The first-order valence-electron chi connectivity index (χ1n) is 8.79. The lowest BCUT2D eigenvalue weighted by molar-refractivity contribution is 0.355. The number of fused-ring (bicyclic) bond motifs is 1. The van der Waals surface area contributed by atoms with Crippen molar-refractivity contribution in [2.24, 2.45) is 0 Å². The summed E-state index contributed by atoms with van der Waals surface area (Å²) in [5.74, 6) is 2.64. The number of hydrogen-bond donors (Lipinski definition) is 2. The fourth-order valence-electron chi connectivity index (χ4n) is 2.82. The summed E-state index contributed by atoms with van der Waals surface area (Å²) in [5.41, 5.74) is 3.11. The van der Waals surface area contributed by atoms with Crippen molar-refractivity contribution in [1.82, 2.24) is 19.9 Å². The zero-order valence-electron chi connectivity index (χ0n) is 15.8. The van der Waals surface area contributed by atoms with Crippen molar-refractivity contribution in [2.45, 2.75) is 0 Å². The molecule has 8 heteroatoms. The fraction of sp³-hybridized carbons (Fsp3) is 0.0952. The third-order valence-corrected chi connectivity index (χ3v) is 4.51. The van der Waals surface area contributed by atoms with E-state index in [1.54, 1.807) is 14.2 Å². The van der Waals surface area contributed by atoms with Crippen LogP contribution in [0, 0.1) is 0 Å². The molecule has 0 amide bonds. The first kappa shape index (κ1) is 18.8. The summed E-state index contributed by atoms with van der Waals surface area (Å²) in [7, 11) is 3.22. The van der Waals surface area contributed by atoms with Gasteiger partial charge in [0.2, 0.25) is 0 Å². The summed E-state index contributed by atoms with van der Waals surface area (Å²) in [5, 5.41) is 3.93. The van der Waals surface area contributed by atoms with E-state index in [1.807, 2.05) is 54.6 Å². The average molecular weight is 408 g/mol. The molecule has 0 saturated carbocycles. The topological polar surface area (TPSA) is 85.0 Å². The molecule has 0 aliphatic rings. The number of aromatic nitrogens is 4. The van der Waals surface area contributed by atoms with Gasteiger partial charge in [0.05, 0.1) is 14.2 Å². The van der Waals surface area contributed by atoms with E-state index in [-0.39, 0.29) is 0 Å². The molecule has 4 aromatic rings. The van der Waals surface area contributed by atoms with Gasteiger partial charge in [-0.2, -0.15) is 0 Å². The van der Waals surface area contributed by atoms with Crippen LogP contribution >= 0.6 is 11.6 Å². The molecule has 2 heterocycles. The lowest BCUT2D eigenvalue weighted by Crippen LogP contribution is -1.95. The Bertz CT molecular complexity index is 1170. The number of H-pyrrole nitrogens is 1. The van der Waals surface area contributed by atoms with Crippen LogP contribution in [0.2, 0.25) is 5.02 Å². The number of aromatic amines is 1. The van der Waals surface area contributed by atoms with Crippen molar-refractivity contribution in [3.05, 3.63) is 65.2 Å². The zero-order chi connectivity index (χ0) is 20.2. The van der Waals surface area contributed by atoms with Gasteiger partial charge in [-0.15, -0.1) is 0 Å². The number of imidazole rings is 1. The average Bonchev–Trinajstić information content (AvgIpc) is 3.18. The molecule has 2 N–H and O–H groups in total. The number of methoxy groups -OCH3 is 2. The summed E-state index contributed by atoms with van der Waals surface area (Å²) in [6, 6.07) is 13.1. The highest BCUT2D eigenvalue weighted by Gasteiger charge is 2.09. The summed E-state index contributed by atoms with van der Waals surface area (Å²) < 4.78 is 10.6. The lowest BCUT2D eigenvalue weighted by Gasteiger charge is -2.07. The molecule has 146 valence electrons. The van der Waals surface area contributed by atoms with Gasteiger partial charge in [-0.3, -0.25) is 0 Å². The number of nitrogens with one attached hydrogen (secondary N) is 2. The molecule has 0 unspecified atom stereocenters. The van der Waals surface area contributed by atoms with Gasteiger partial charge in [0.15, 0.2) is 23.0 Å². The maximum Gasteiger partial charge on any atom is 0.183 e. The highest BCUT2D eigenvalue weighted by molar-refractivity contribution is 6.30. The highest BCUT2D eigenvalue weighted by atomic mass is 35.5. The van der Waals surface area contributed by atoms with Gasteiger partial charge in [0.25, 0.3) is 0 Å². The number of hydrogen-bond acceptors (Lipinski definition) is 6. The third-order valence-electron chi connectivity index (χ3n) is 4.25. The summed E-state index contributed by atoms with van der Waals surface area (Å²) in [6.45, 7) is 0. The van der Waals surface area contributed by atoms with Gasteiger partial charge in [-0.25, -0.2) is 15.0 Å². The minimum atomic E-state index is 0.573. The number of rotatable bonds is 6. The van der Waals surface area contributed by atoms with Crippen molar-refractivity contribution >= 4 is 46.4 Å². The molecule has 0 aliphatic heterocycles. The number of anilines is 2. The molecule has 0 fully saturated rings. The molecule has 7 nitrogen and oxygen atoms in total. The molecular weight excluding hydrogens is 390 g/mol. The summed E-state index contributed by atoms with van der Waals surface area (Å²) >= 11 is 5.94. The number of benzene rings is 2. The van der Waals surface area contributed by atoms with Crippen LogP contribution in [0.15, 0.2) is 48.8 Å². The Morgan fingerprint density at radius 2 is 1.76 bits per heavy atom. The van der Waals surface area contributed by atoms with Gasteiger partial charge >= 0.3 is 0 Å². The van der Waals surface area contributed by atoms with E-state index in [1.165, 1.54) is 6.33 Å². The van der Waals surface area contributed by atoms with Crippen LogP contribution in [-0.2, 0) is 0 Å². The second kappa shape index (κ2) is 8.20. The molecule has 4 rings (SSSR count). The van der Waals surface area contributed by atoms with E-state index in [0.29, 0.717) is 33.8 Å². The smallest absolute Gasteiger partial charge is 0.183 e. The molecule has 0 spiro atoms. The Labute approximate surface area is 172 Å². The standard InChI is InChI=1S/C21H18ClN5O2/c1-28-16-9-3-13(11-17(16)29-2)4-10-18-26-19-20(23-12-24-21(19)27-18)25-15-7-5-14(22)6-8-15/h3-12H,1-2H3,(H2,23,24,25,26,27)/b10-4+. The Morgan fingerprint density at radius 3 is 2.52 bits per heavy atom. The minimum absolute atomic E-state index is 0.573. The molecule has 2 aromatic heterocycles. The van der Waals surface area contributed by atoms with Crippen molar-refractivity contribution < 1.29 is 9.47 Å². The maximum atomic E-state index is 5.94. The van der Waals surface area contributed by atoms with Crippen molar-refractivity contribution in [3.63, 3.8) is 0 Å². The van der Waals surface area contributed by atoms with E-state index in [0.717, 1.165) is 16.8 Å². The van der Waals surface area contributed by atoms with Crippen LogP contribution in [0.4, 0.5) is 11.5 Å². The molecular formula is C21H18ClN5O2. The van der Waals surface area contributed by atoms with Crippen LogP contribution in [0.5, 0.6) is 11.5 Å². The summed E-state index contributed by atoms with van der Waals surface area (Å²) in [6.07, 6.45) is 5.28. The Balaban J connectivity index is 1.61. The monoisotopic (exact) mass is 407 g/mol. The Hall–Kier alpha value is -3.58. The molecule has 0 bridgehead atoms. The van der Waals surface area contributed by atoms with Gasteiger partial charge in [-0.1, -0.05) is 23.7 Å². The van der Waals surface area contributed by atoms with Crippen molar-refractivity contribution in [2.75, 3.05) is 19.5 Å². The van der Waals surface area contributed by atoms with Crippen LogP contribution in [0.3, 0.4) is 0 Å². The highest BCUT2D eigenvalue weighted by Crippen LogP contribution is 2.28. The Kier molecular flexibility index (Phi) is 5.31. The van der Waals surface area contributed by atoms with Gasteiger partial charge < -0.3 is 19.8 Å². The van der Waals surface area contributed by atoms with E-state index in [4.69, 9.17) is 21.1 Å². The van der Waals surface area contributed by atoms with E-state index in [2.05, 4.69) is 25.3 Å². The fourth-order valence-corrected chi connectivity index (χ4v) is 2.95. The van der Waals surface area contributed by atoms with Crippen molar-refractivity contribution in [1.29, 1.82) is 0 Å². The first-order valence-corrected chi connectivity index (χ1v) is 9.17. The largest absolute Gasteiger partial charge is 0.493 e. The SMILES string of the molecule is COc1ccc(/C=C/c2nc3ncnc(Nc4ccc(Cl)cc4)c3[nH]2)cc1OC. The predicted octanol–water partition coefficient (Wildman–Crippen LogP) is 4.94. The first-order chi connectivity index (χ1) is 14.2. The van der Waals surface area contributed by atoms with Crippen LogP contribution in [0.1, 0.15) is 11.4 Å². The minimum Gasteiger partial charge on any atom is -0.493 e. The molecule has 0 aliphatic carbocycles. The third kappa shape index (κ3) is 4.14. The number of ether oxygens (including phenoxy) is 2.